The summed E-state index contributed by atoms with van der Waals surface area (Å²) in [6.45, 7) is 0. The largest absolute Gasteiger partial charge is 0.367 e. The zero-order chi connectivity index (χ0) is 8.15. The van der Waals surface area contributed by atoms with Gasteiger partial charge in [-0.1, -0.05) is 0 Å². The van der Waals surface area contributed by atoms with E-state index in [9.17, 15) is 10.1 Å². The van der Waals surface area contributed by atoms with Crippen LogP contribution in [0.2, 0.25) is 0 Å². The van der Waals surface area contributed by atoms with Crippen molar-refractivity contribution in [2.24, 2.45) is 0 Å². The lowest BCUT2D eigenvalue weighted by Gasteiger charge is -2.10. The highest BCUT2D eigenvalue weighted by molar-refractivity contribution is 8.02. The first kappa shape index (κ1) is 9.29. The third kappa shape index (κ3) is 3.34. The highest BCUT2D eigenvalue weighted by Gasteiger charge is 2.01. The molecule has 0 saturated heterocycles. The second-order valence-electron chi connectivity index (χ2n) is 1.85. The molecule has 0 atom stereocenters. The molecule has 0 aromatic heterocycles. The third-order valence-corrected chi connectivity index (χ3v) is 1.75. The molecule has 0 aromatic carbocycles. The summed E-state index contributed by atoms with van der Waals surface area (Å²) in [6.07, 6.45) is 2.79. The van der Waals surface area contributed by atoms with Crippen molar-refractivity contribution in [1.82, 2.24) is 4.90 Å². The van der Waals surface area contributed by atoms with Crippen LogP contribution in [-0.2, 0) is 0 Å². The average Bonchev–Trinajstić information content (AvgIpc) is 1.81. The molecule has 5 heteroatoms. The number of nitro groups is 1. The van der Waals surface area contributed by atoms with Gasteiger partial charge in [-0.3, -0.25) is 10.1 Å². The van der Waals surface area contributed by atoms with Gasteiger partial charge in [0.25, 0.3) is 6.20 Å². The van der Waals surface area contributed by atoms with E-state index >= 15 is 0 Å². The van der Waals surface area contributed by atoms with Gasteiger partial charge in [0.05, 0.1) is 4.92 Å². The molecule has 0 rings (SSSR count). The molecule has 0 aromatic rings. The molecule has 0 heterocycles. The number of rotatable bonds is 3. The zero-order valence-corrected chi connectivity index (χ0v) is 7.01. The van der Waals surface area contributed by atoms with E-state index in [2.05, 4.69) is 0 Å². The van der Waals surface area contributed by atoms with Gasteiger partial charge >= 0.3 is 0 Å². The Balaban J connectivity index is 4.18. The summed E-state index contributed by atoms with van der Waals surface area (Å²) in [5.41, 5.74) is 0. The number of hydrogen-bond acceptors (Lipinski definition) is 4. The number of nitrogens with zero attached hydrogens (tertiary/aromatic N) is 2. The van der Waals surface area contributed by atoms with Gasteiger partial charge in [-0.25, -0.2) is 0 Å². The van der Waals surface area contributed by atoms with Crippen molar-refractivity contribution in [2.45, 2.75) is 0 Å². The van der Waals surface area contributed by atoms with Gasteiger partial charge in [-0.2, -0.15) is 0 Å². The van der Waals surface area contributed by atoms with E-state index in [-0.39, 0.29) is 0 Å². The number of hydrogen-bond donors (Lipinski definition) is 0. The molecule has 0 unspecified atom stereocenters. The molecule has 0 spiro atoms. The Bertz CT molecular complexity index is 156. The maximum absolute atomic E-state index is 9.96. The summed E-state index contributed by atoms with van der Waals surface area (Å²) in [4.78, 5) is 11.2. The Kier molecular flexibility index (Phi) is 3.87. The van der Waals surface area contributed by atoms with Crippen LogP contribution in [0, 0.1) is 10.1 Å². The fourth-order valence-corrected chi connectivity index (χ4v) is 0.998. The van der Waals surface area contributed by atoms with Crippen LogP contribution in [0.25, 0.3) is 0 Å². The van der Waals surface area contributed by atoms with E-state index in [1.165, 1.54) is 11.8 Å². The van der Waals surface area contributed by atoms with Crippen LogP contribution in [-0.4, -0.2) is 30.2 Å². The second-order valence-corrected chi connectivity index (χ2v) is 2.68. The van der Waals surface area contributed by atoms with Crippen LogP contribution in [0.15, 0.2) is 11.2 Å². The van der Waals surface area contributed by atoms with Gasteiger partial charge in [-0.05, 0) is 6.26 Å². The Morgan fingerprint density at radius 3 is 2.30 bits per heavy atom. The Morgan fingerprint density at radius 2 is 2.20 bits per heavy atom. The SMILES string of the molecule is CS/C(=C/[N+](=O)[O-])N(C)C. The minimum absolute atomic E-state index is 0.453. The summed E-state index contributed by atoms with van der Waals surface area (Å²) < 4.78 is 0. The second kappa shape index (κ2) is 4.16. The van der Waals surface area contributed by atoms with Crippen LogP contribution in [0.3, 0.4) is 0 Å². The molecule has 0 radical (unpaired) electrons. The summed E-state index contributed by atoms with van der Waals surface area (Å²) >= 11 is 1.35. The fourth-order valence-electron chi connectivity index (χ4n) is 0.441. The molecule has 4 nitrogen and oxygen atoms in total. The first-order valence-corrected chi connectivity index (χ1v) is 3.87. The zero-order valence-electron chi connectivity index (χ0n) is 6.20. The highest BCUT2D eigenvalue weighted by Crippen LogP contribution is 2.12. The van der Waals surface area contributed by atoms with E-state index < -0.39 is 4.92 Å². The quantitative estimate of drug-likeness (QED) is 0.458. The Morgan fingerprint density at radius 1 is 1.70 bits per heavy atom. The van der Waals surface area contributed by atoms with Gasteiger partial charge in [0.15, 0.2) is 0 Å². The van der Waals surface area contributed by atoms with E-state index in [4.69, 9.17) is 0 Å². The molecule has 58 valence electrons. The Hall–Kier alpha value is -0.710. The molecule has 0 aliphatic carbocycles. The predicted octanol–water partition coefficient (Wildman–Crippen LogP) is 0.987. The first-order valence-electron chi connectivity index (χ1n) is 2.64. The summed E-state index contributed by atoms with van der Waals surface area (Å²) in [5, 5.41) is 10.6. The molecule has 0 N–H and O–H groups in total. The summed E-state index contributed by atoms with van der Waals surface area (Å²) in [6, 6.07) is 0. The van der Waals surface area contributed by atoms with Crippen molar-refractivity contribution in [3.8, 4) is 0 Å². The minimum atomic E-state index is -0.453. The third-order valence-electron chi connectivity index (χ3n) is 0.866. The monoisotopic (exact) mass is 162 g/mol. The van der Waals surface area contributed by atoms with Crippen LogP contribution in [0.5, 0.6) is 0 Å². The highest BCUT2D eigenvalue weighted by atomic mass is 32.2. The predicted molar refractivity (Wildman–Crippen MR) is 42.3 cm³/mol. The molecule has 0 amide bonds. The molecule has 10 heavy (non-hydrogen) atoms. The minimum Gasteiger partial charge on any atom is -0.367 e. The molecular formula is C5H10N2O2S. The molecule has 0 aliphatic heterocycles. The van der Waals surface area contributed by atoms with E-state index in [1.54, 1.807) is 25.3 Å². The van der Waals surface area contributed by atoms with E-state index in [0.29, 0.717) is 5.03 Å². The topological polar surface area (TPSA) is 46.4 Å². The summed E-state index contributed by atoms with van der Waals surface area (Å²) in [5.74, 6) is 0. The number of thioether (sulfide) groups is 1. The first-order chi connectivity index (χ1) is 4.57. The van der Waals surface area contributed by atoms with Crippen molar-refractivity contribution in [1.29, 1.82) is 0 Å². The van der Waals surface area contributed by atoms with Crippen molar-refractivity contribution in [2.75, 3.05) is 20.4 Å². The van der Waals surface area contributed by atoms with Crippen molar-refractivity contribution in [3.63, 3.8) is 0 Å². The van der Waals surface area contributed by atoms with Crippen LogP contribution >= 0.6 is 11.8 Å². The van der Waals surface area contributed by atoms with Crippen LogP contribution < -0.4 is 0 Å². The van der Waals surface area contributed by atoms with Crippen molar-refractivity contribution < 1.29 is 4.92 Å². The Labute approximate surface area is 64.0 Å². The van der Waals surface area contributed by atoms with Crippen molar-refractivity contribution >= 4 is 11.8 Å². The van der Waals surface area contributed by atoms with Gasteiger partial charge in [-0.15, -0.1) is 11.8 Å². The van der Waals surface area contributed by atoms with Gasteiger partial charge < -0.3 is 4.90 Å². The lowest BCUT2D eigenvalue weighted by Crippen LogP contribution is -2.09. The van der Waals surface area contributed by atoms with Gasteiger partial charge in [0.2, 0.25) is 0 Å². The smallest absolute Gasteiger partial charge is 0.264 e. The van der Waals surface area contributed by atoms with E-state index in [0.717, 1.165) is 6.20 Å². The van der Waals surface area contributed by atoms with Crippen molar-refractivity contribution in [3.05, 3.63) is 21.3 Å². The lowest BCUT2D eigenvalue weighted by atomic mass is 10.8. The fraction of sp³-hybridized carbons (Fsp3) is 0.600. The molecule has 0 saturated carbocycles. The van der Waals surface area contributed by atoms with E-state index in [1.807, 2.05) is 0 Å². The molecule has 0 aliphatic rings. The molecule has 0 bridgehead atoms. The van der Waals surface area contributed by atoms with Crippen LogP contribution in [0.4, 0.5) is 0 Å². The molecule has 0 fully saturated rings. The maximum Gasteiger partial charge on any atom is 0.264 e. The maximum atomic E-state index is 9.96. The average molecular weight is 162 g/mol. The summed E-state index contributed by atoms with van der Waals surface area (Å²) in [7, 11) is 3.54. The lowest BCUT2D eigenvalue weighted by molar-refractivity contribution is -0.403. The van der Waals surface area contributed by atoms with Gasteiger partial charge in [0, 0.05) is 14.1 Å². The van der Waals surface area contributed by atoms with Gasteiger partial charge in [0.1, 0.15) is 5.03 Å². The van der Waals surface area contributed by atoms with Crippen LogP contribution in [0.1, 0.15) is 0 Å². The standard InChI is InChI=1S/C5H10N2O2S/c1-6(2)5(10-3)4-7(8)9/h4H,1-3H3/b5-4+. The normalized spacial score (nSPS) is 11.3. The molecular weight excluding hydrogens is 152 g/mol.